The first-order valence-corrected chi connectivity index (χ1v) is 10.9. The number of rotatable bonds is 11. The number of aromatic nitrogens is 1. The van der Waals surface area contributed by atoms with E-state index >= 15 is 0 Å². The Kier molecular flexibility index (Phi) is 10.00. The van der Waals surface area contributed by atoms with Crippen LogP contribution in [-0.2, 0) is 6.54 Å². The number of nitrogens with zero attached hydrogens (tertiary/aromatic N) is 1. The molecule has 1 aromatic rings. The van der Waals surface area contributed by atoms with E-state index in [1.54, 1.807) is 0 Å². The van der Waals surface area contributed by atoms with Gasteiger partial charge in [-0.3, -0.25) is 0 Å². The summed E-state index contributed by atoms with van der Waals surface area (Å²) in [5.74, 6) is 0. The molecule has 0 aromatic carbocycles. The van der Waals surface area contributed by atoms with Gasteiger partial charge in [-0.2, -0.15) is 0 Å². The molecule has 0 aliphatic heterocycles. The molecule has 0 aliphatic rings. The van der Waals surface area contributed by atoms with Crippen LogP contribution in [0.2, 0.25) is 0 Å². The second-order valence-electron chi connectivity index (χ2n) is 6.25. The summed E-state index contributed by atoms with van der Waals surface area (Å²) in [6, 6.07) is 6.29. The summed E-state index contributed by atoms with van der Waals surface area (Å²) in [6.07, 6.45) is 18.5. The van der Waals surface area contributed by atoms with Crippen LogP contribution in [0.4, 0.5) is 25.2 Å². The molecule has 25 heavy (non-hydrogen) atoms. The van der Waals surface area contributed by atoms with Crippen molar-refractivity contribution in [2.75, 3.05) is 0 Å². The van der Waals surface area contributed by atoms with Crippen LogP contribution in [0, 0.1) is 0 Å². The van der Waals surface area contributed by atoms with E-state index in [4.69, 9.17) is 0 Å². The summed E-state index contributed by atoms with van der Waals surface area (Å²) in [7, 11) is -10.7. The molecule has 0 bridgehead atoms. The minimum absolute atomic E-state index is 1.18. The topological polar surface area (TPSA) is 3.88 Å². The first-order valence-electron chi connectivity index (χ1n) is 8.89. The van der Waals surface area contributed by atoms with E-state index in [9.17, 15) is 25.2 Å². The van der Waals surface area contributed by atoms with Crippen molar-refractivity contribution in [3.63, 3.8) is 0 Å². The molecule has 0 atom stereocenters. The Labute approximate surface area is 146 Å². The Morgan fingerprint density at radius 3 is 1.36 bits per heavy atom. The summed E-state index contributed by atoms with van der Waals surface area (Å²) in [4.78, 5) is 0. The molecule has 0 unspecified atom stereocenters. The number of pyridine rings is 1. The van der Waals surface area contributed by atoms with E-state index in [-0.39, 0.29) is 0 Å². The van der Waals surface area contributed by atoms with Crippen LogP contribution in [0.15, 0.2) is 30.6 Å². The summed E-state index contributed by atoms with van der Waals surface area (Å²) in [5, 5.41) is 0. The Balaban J connectivity index is 0.000000697. The summed E-state index contributed by atoms with van der Waals surface area (Å²) < 4.78 is 61.5. The Hall–Kier alpha value is -0.840. The van der Waals surface area contributed by atoms with Gasteiger partial charge in [-0.1, -0.05) is 64.4 Å². The van der Waals surface area contributed by atoms with Crippen LogP contribution in [0.25, 0.3) is 0 Å². The number of halogens is 6. The van der Waals surface area contributed by atoms with Crippen LogP contribution in [0.3, 0.4) is 0 Å². The van der Waals surface area contributed by atoms with Crippen molar-refractivity contribution in [1.82, 2.24) is 0 Å². The fraction of sp³-hybridized carbons (Fsp3) is 0.706. The van der Waals surface area contributed by atoms with E-state index in [0.29, 0.717) is 0 Å². The maximum atomic E-state index is 9.87. The van der Waals surface area contributed by atoms with E-state index in [0.717, 1.165) is 0 Å². The molecule has 0 fully saturated rings. The first-order chi connectivity index (χ1) is 11.4. The van der Waals surface area contributed by atoms with Gasteiger partial charge in [0.05, 0.1) is 0 Å². The van der Waals surface area contributed by atoms with Gasteiger partial charge in [-0.05, 0) is 6.42 Å². The summed E-state index contributed by atoms with van der Waals surface area (Å²) in [5.41, 5.74) is 0. The van der Waals surface area contributed by atoms with E-state index in [2.05, 4.69) is 42.1 Å². The van der Waals surface area contributed by atoms with Gasteiger partial charge >= 0.3 is 33.0 Å². The SMILES string of the molecule is CCCCCCCCCCCC[n+]1ccccc1.F[P-](F)(F)(F)(F)F. The number of hydrogen-bond acceptors (Lipinski definition) is 0. The van der Waals surface area contributed by atoms with Crippen molar-refractivity contribution < 1.29 is 29.7 Å². The molecule has 0 aliphatic carbocycles. The quantitative estimate of drug-likeness (QED) is 0.154. The second kappa shape index (κ2) is 10.3. The molecule has 8 heteroatoms. The van der Waals surface area contributed by atoms with Crippen molar-refractivity contribution in [3.8, 4) is 0 Å². The van der Waals surface area contributed by atoms with Gasteiger partial charge < -0.3 is 0 Å². The van der Waals surface area contributed by atoms with Gasteiger partial charge in [-0.25, -0.2) is 4.57 Å². The van der Waals surface area contributed by atoms with E-state index in [1.165, 1.54) is 70.8 Å². The van der Waals surface area contributed by atoms with Crippen molar-refractivity contribution in [2.45, 2.75) is 77.7 Å². The second-order valence-corrected chi connectivity index (χ2v) is 8.17. The van der Waals surface area contributed by atoms with Gasteiger partial charge in [0.25, 0.3) is 0 Å². The average Bonchev–Trinajstić information content (AvgIpc) is 2.47. The molecule has 0 radical (unpaired) electrons. The zero-order valence-corrected chi connectivity index (χ0v) is 15.7. The van der Waals surface area contributed by atoms with Crippen molar-refractivity contribution in [3.05, 3.63) is 30.6 Å². The number of unbranched alkanes of at least 4 members (excludes halogenated alkanes) is 9. The predicted molar refractivity (Wildman–Crippen MR) is 92.0 cm³/mol. The Bertz CT molecular complexity index is 435. The van der Waals surface area contributed by atoms with Crippen molar-refractivity contribution in [1.29, 1.82) is 0 Å². The maximum absolute atomic E-state index is 10.7. The van der Waals surface area contributed by atoms with E-state index in [1.807, 2.05) is 0 Å². The minimum atomic E-state index is -10.7. The third-order valence-electron chi connectivity index (χ3n) is 3.55. The zero-order chi connectivity index (χ0) is 19.3. The predicted octanol–water partition coefficient (Wildman–Crippen LogP) is 8.28. The van der Waals surface area contributed by atoms with Crippen LogP contribution in [-0.4, -0.2) is 0 Å². The first kappa shape index (κ1) is 24.2. The number of hydrogen-bond donors (Lipinski definition) is 0. The standard InChI is InChI=1S/C17H30N.F6P/c1-2-3-4-5-6-7-8-9-10-12-15-18-16-13-11-14-17-18;1-7(2,3,4,5)6/h11,13-14,16-17H,2-10,12,15H2,1H3;/q+1;-1. The molecule has 0 spiro atoms. The van der Waals surface area contributed by atoms with Gasteiger partial charge in [0.1, 0.15) is 6.54 Å². The summed E-state index contributed by atoms with van der Waals surface area (Å²) >= 11 is 0. The van der Waals surface area contributed by atoms with Crippen LogP contribution < -0.4 is 4.57 Å². The van der Waals surface area contributed by atoms with Crippen molar-refractivity contribution in [2.24, 2.45) is 0 Å². The Morgan fingerprint density at radius 1 is 0.600 bits per heavy atom. The molecule has 0 saturated carbocycles. The van der Waals surface area contributed by atoms with Gasteiger partial charge in [0.15, 0.2) is 12.4 Å². The van der Waals surface area contributed by atoms with Crippen LogP contribution in [0.1, 0.15) is 71.1 Å². The molecule has 1 aromatic heterocycles. The molecular formula is C17H30F6NP. The fourth-order valence-corrected chi connectivity index (χ4v) is 2.37. The third kappa shape index (κ3) is 28.2. The molecule has 0 saturated heterocycles. The Morgan fingerprint density at radius 2 is 0.960 bits per heavy atom. The van der Waals surface area contributed by atoms with Crippen LogP contribution in [0.5, 0.6) is 0 Å². The zero-order valence-electron chi connectivity index (χ0n) is 14.8. The van der Waals surface area contributed by atoms with Gasteiger partial charge in [0.2, 0.25) is 0 Å². The molecule has 1 rings (SSSR count). The normalized spacial score (nSPS) is 14.2. The van der Waals surface area contributed by atoms with Gasteiger partial charge in [-0.15, -0.1) is 0 Å². The van der Waals surface area contributed by atoms with Gasteiger partial charge in [0, 0.05) is 18.6 Å². The molecular weight excluding hydrogens is 363 g/mol. The summed E-state index contributed by atoms with van der Waals surface area (Å²) in [6.45, 7) is 3.46. The fourth-order valence-electron chi connectivity index (χ4n) is 2.37. The van der Waals surface area contributed by atoms with E-state index < -0.39 is 7.81 Å². The van der Waals surface area contributed by atoms with Crippen molar-refractivity contribution >= 4 is 7.81 Å². The monoisotopic (exact) mass is 393 g/mol. The molecule has 1 nitrogen and oxygen atoms in total. The molecule has 150 valence electrons. The number of aryl methyl sites for hydroxylation is 1. The third-order valence-corrected chi connectivity index (χ3v) is 3.55. The molecule has 0 N–H and O–H groups in total. The molecule has 1 heterocycles. The average molecular weight is 393 g/mol. The molecule has 0 amide bonds. The van der Waals surface area contributed by atoms with Crippen LogP contribution >= 0.6 is 7.81 Å².